The number of amides is 3. The van der Waals surface area contributed by atoms with Crippen LogP contribution in [0.15, 0.2) is 18.2 Å². The van der Waals surface area contributed by atoms with Crippen molar-refractivity contribution in [1.29, 1.82) is 0 Å². The van der Waals surface area contributed by atoms with Crippen LogP contribution in [0.2, 0.25) is 0 Å². The first-order valence-electron chi connectivity index (χ1n) is 5.39. The van der Waals surface area contributed by atoms with Gasteiger partial charge >= 0.3 is 6.03 Å². The molecule has 1 aliphatic heterocycles. The van der Waals surface area contributed by atoms with E-state index in [0.717, 1.165) is 10.5 Å². The van der Waals surface area contributed by atoms with E-state index in [1.807, 2.05) is 13.0 Å². The second-order valence-corrected chi connectivity index (χ2v) is 3.89. The van der Waals surface area contributed by atoms with Crippen molar-refractivity contribution in [3.63, 3.8) is 0 Å². The van der Waals surface area contributed by atoms with Crippen molar-refractivity contribution >= 4 is 17.6 Å². The smallest absolute Gasteiger partial charge is 0.328 e. The van der Waals surface area contributed by atoms with Crippen LogP contribution in [0.3, 0.4) is 0 Å². The summed E-state index contributed by atoms with van der Waals surface area (Å²) in [5.41, 5.74) is 1.46. The maximum absolute atomic E-state index is 11.8. The van der Waals surface area contributed by atoms with Gasteiger partial charge < -0.3 is 10.1 Å². The number of nitrogens with zero attached hydrogens (tertiary/aromatic N) is 1. The van der Waals surface area contributed by atoms with Gasteiger partial charge in [-0.2, -0.15) is 0 Å². The van der Waals surface area contributed by atoms with E-state index in [9.17, 15) is 9.59 Å². The van der Waals surface area contributed by atoms with Gasteiger partial charge in [0.15, 0.2) is 0 Å². The van der Waals surface area contributed by atoms with E-state index in [1.165, 1.54) is 7.11 Å². The molecule has 17 heavy (non-hydrogen) atoms. The molecule has 0 unspecified atom stereocenters. The molecule has 1 fully saturated rings. The normalized spacial score (nSPS) is 15.8. The predicted octanol–water partition coefficient (Wildman–Crippen LogP) is 1.45. The van der Waals surface area contributed by atoms with Gasteiger partial charge in [-0.25, -0.2) is 9.69 Å². The summed E-state index contributed by atoms with van der Waals surface area (Å²) in [7, 11) is 1.51. The van der Waals surface area contributed by atoms with Crippen molar-refractivity contribution in [2.75, 3.05) is 18.6 Å². The SMILES string of the molecule is COc1ccc(C)cc1N1C(=O)CCNC1=O. The molecule has 1 aromatic carbocycles. The van der Waals surface area contributed by atoms with Gasteiger partial charge in [0.2, 0.25) is 5.91 Å². The number of urea groups is 1. The van der Waals surface area contributed by atoms with Gasteiger partial charge in [-0.05, 0) is 24.6 Å². The Kier molecular flexibility index (Phi) is 2.99. The highest BCUT2D eigenvalue weighted by Gasteiger charge is 2.29. The van der Waals surface area contributed by atoms with Gasteiger partial charge in [0.1, 0.15) is 5.75 Å². The minimum absolute atomic E-state index is 0.211. The number of aryl methyl sites for hydroxylation is 1. The molecule has 1 aliphatic rings. The van der Waals surface area contributed by atoms with Gasteiger partial charge in [-0.1, -0.05) is 6.07 Å². The Morgan fingerprint density at radius 1 is 1.35 bits per heavy atom. The first-order chi connectivity index (χ1) is 8.13. The van der Waals surface area contributed by atoms with E-state index in [4.69, 9.17) is 4.74 Å². The molecule has 0 radical (unpaired) electrons. The van der Waals surface area contributed by atoms with Gasteiger partial charge in [0, 0.05) is 13.0 Å². The molecule has 0 saturated carbocycles. The fraction of sp³-hybridized carbons (Fsp3) is 0.333. The minimum Gasteiger partial charge on any atom is -0.495 e. The largest absolute Gasteiger partial charge is 0.495 e. The lowest BCUT2D eigenvalue weighted by molar-refractivity contribution is -0.118. The van der Waals surface area contributed by atoms with Crippen LogP contribution in [0.4, 0.5) is 10.5 Å². The summed E-state index contributed by atoms with van der Waals surface area (Å²) in [6, 6.07) is 4.99. The van der Waals surface area contributed by atoms with Gasteiger partial charge in [-0.15, -0.1) is 0 Å². The first kappa shape index (κ1) is 11.4. The lowest BCUT2D eigenvalue weighted by Gasteiger charge is -2.27. The fourth-order valence-corrected chi connectivity index (χ4v) is 1.80. The molecule has 1 aromatic rings. The summed E-state index contributed by atoms with van der Waals surface area (Å²) in [5, 5.41) is 2.64. The average Bonchev–Trinajstić information content (AvgIpc) is 2.29. The Morgan fingerprint density at radius 2 is 2.12 bits per heavy atom. The van der Waals surface area contributed by atoms with Crippen LogP contribution >= 0.6 is 0 Å². The molecule has 0 aliphatic carbocycles. The number of anilines is 1. The maximum atomic E-state index is 11.8. The van der Waals surface area contributed by atoms with Crippen LogP contribution < -0.4 is 15.0 Å². The zero-order valence-electron chi connectivity index (χ0n) is 9.82. The minimum atomic E-state index is -0.398. The molecule has 0 aromatic heterocycles. The van der Waals surface area contributed by atoms with Crippen molar-refractivity contribution in [3.05, 3.63) is 23.8 Å². The van der Waals surface area contributed by atoms with Crippen molar-refractivity contribution < 1.29 is 14.3 Å². The molecular formula is C12H14N2O3. The van der Waals surface area contributed by atoms with E-state index in [1.54, 1.807) is 12.1 Å². The summed E-state index contributed by atoms with van der Waals surface area (Å²) in [4.78, 5) is 24.7. The Morgan fingerprint density at radius 3 is 2.76 bits per heavy atom. The summed E-state index contributed by atoms with van der Waals surface area (Å²) in [6.07, 6.45) is 0.308. The van der Waals surface area contributed by atoms with Gasteiger partial charge in [0.25, 0.3) is 0 Å². The van der Waals surface area contributed by atoms with Crippen molar-refractivity contribution in [2.24, 2.45) is 0 Å². The lowest BCUT2D eigenvalue weighted by atomic mass is 10.1. The average molecular weight is 234 g/mol. The van der Waals surface area contributed by atoms with E-state index in [0.29, 0.717) is 24.4 Å². The zero-order valence-corrected chi connectivity index (χ0v) is 9.82. The third-order valence-electron chi connectivity index (χ3n) is 2.64. The number of hydrogen-bond donors (Lipinski definition) is 1. The molecule has 0 atom stereocenters. The molecule has 3 amide bonds. The highest BCUT2D eigenvalue weighted by molar-refractivity contribution is 6.16. The maximum Gasteiger partial charge on any atom is 0.328 e. The number of carbonyl (C=O) groups excluding carboxylic acids is 2. The third-order valence-corrected chi connectivity index (χ3v) is 2.64. The summed E-state index contributed by atoms with van der Waals surface area (Å²) >= 11 is 0. The third kappa shape index (κ3) is 2.08. The number of benzene rings is 1. The van der Waals surface area contributed by atoms with E-state index in [-0.39, 0.29) is 5.91 Å². The molecule has 0 spiro atoms. The first-order valence-corrected chi connectivity index (χ1v) is 5.39. The Bertz CT molecular complexity index is 455. The molecule has 0 bridgehead atoms. The number of hydrogen-bond acceptors (Lipinski definition) is 3. The van der Waals surface area contributed by atoms with E-state index in [2.05, 4.69) is 5.32 Å². The number of ether oxygens (including phenoxy) is 1. The fourth-order valence-electron chi connectivity index (χ4n) is 1.80. The molecule has 2 rings (SSSR count). The van der Waals surface area contributed by atoms with Crippen molar-refractivity contribution in [1.82, 2.24) is 5.32 Å². The van der Waals surface area contributed by atoms with Crippen LogP contribution in [0, 0.1) is 6.92 Å². The molecule has 90 valence electrons. The standard InChI is InChI=1S/C12H14N2O3/c1-8-3-4-10(17-2)9(7-8)14-11(15)5-6-13-12(14)16/h3-4,7H,5-6H2,1-2H3,(H,13,16). The molecule has 1 saturated heterocycles. The second-order valence-electron chi connectivity index (χ2n) is 3.89. The van der Waals surface area contributed by atoms with Crippen LogP contribution in [-0.4, -0.2) is 25.6 Å². The Hall–Kier alpha value is -2.04. The number of rotatable bonds is 2. The molecule has 1 heterocycles. The summed E-state index contributed by atoms with van der Waals surface area (Å²) < 4.78 is 5.18. The zero-order chi connectivity index (χ0) is 12.4. The van der Waals surface area contributed by atoms with Crippen molar-refractivity contribution in [2.45, 2.75) is 13.3 Å². The quantitative estimate of drug-likeness (QED) is 0.842. The van der Waals surface area contributed by atoms with Gasteiger partial charge in [0.05, 0.1) is 12.8 Å². The van der Waals surface area contributed by atoms with Crippen LogP contribution in [0.1, 0.15) is 12.0 Å². The molecule has 5 nitrogen and oxygen atoms in total. The number of carbonyl (C=O) groups is 2. The van der Waals surface area contributed by atoms with Crippen molar-refractivity contribution in [3.8, 4) is 5.75 Å². The summed E-state index contributed by atoms with van der Waals surface area (Å²) in [5.74, 6) is 0.304. The molecular weight excluding hydrogens is 220 g/mol. The van der Waals surface area contributed by atoms with Gasteiger partial charge in [-0.3, -0.25) is 4.79 Å². The predicted molar refractivity (Wildman–Crippen MR) is 63.2 cm³/mol. The Labute approximate surface area is 99.4 Å². The monoisotopic (exact) mass is 234 g/mol. The molecule has 5 heteroatoms. The van der Waals surface area contributed by atoms with E-state index >= 15 is 0 Å². The van der Waals surface area contributed by atoms with Crippen LogP contribution in [0.25, 0.3) is 0 Å². The number of methoxy groups -OCH3 is 1. The topological polar surface area (TPSA) is 58.6 Å². The van der Waals surface area contributed by atoms with Crippen LogP contribution in [0.5, 0.6) is 5.75 Å². The second kappa shape index (κ2) is 4.45. The number of nitrogens with one attached hydrogen (secondary N) is 1. The lowest BCUT2D eigenvalue weighted by Crippen LogP contribution is -2.50. The molecule has 1 N–H and O–H groups in total. The van der Waals surface area contributed by atoms with Crippen LogP contribution in [-0.2, 0) is 4.79 Å². The summed E-state index contributed by atoms with van der Waals surface area (Å²) in [6.45, 7) is 2.29. The highest BCUT2D eigenvalue weighted by atomic mass is 16.5. The van der Waals surface area contributed by atoms with E-state index < -0.39 is 6.03 Å². The number of imide groups is 1. The highest BCUT2D eigenvalue weighted by Crippen LogP contribution is 2.30. The Balaban J connectivity index is 2.47.